The zero-order chi connectivity index (χ0) is 20.7. The van der Waals surface area contributed by atoms with Crippen LogP contribution in [-0.4, -0.2) is 17.7 Å². The lowest BCUT2D eigenvalue weighted by atomic mass is 9.92. The lowest BCUT2D eigenvalue weighted by Gasteiger charge is -2.26. The molecule has 2 aromatic carbocycles. The minimum Gasteiger partial charge on any atom is -0.479 e. The van der Waals surface area contributed by atoms with Crippen LogP contribution in [0.15, 0.2) is 73.1 Å². The molecule has 0 spiro atoms. The monoisotopic (exact) mass is 387 g/mol. The van der Waals surface area contributed by atoms with E-state index in [1.165, 1.54) is 6.20 Å². The van der Waals surface area contributed by atoms with E-state index in [0.29, 0.717) is 11.5 Å². The molecule has 0 unspecified atom stereocenters. The van der Waals surface area contributed by atoms with Gasteiger partial charge in [-0.2, -0.15) is 5.26 Å². The molecular weight excluding hydrogens is 366 g/mol. The van der Waals surface area contributed by atoms with Crippen molar-refractivity contribution in [3.63, 3.8) is 0 Å². The van der Waals surface area contributed by atoms with Crippen molar-refractivity contribution >= 4 is 6.09 Å². The Labute approximate surface area is 169 Å². The number of nitrogens with one attached hydrogen (secondary N) is 1. The molecule has 6 heteroatoms. The third-order valence-electron chi connectivity index (χ3n) is 4.36. The Kier molecular flexibility index (Phi) is 6.10. The summed E-state index contributed by atoms with van der Waals surface area (Å²) in [5.74, 6) is 1.04. The fourth-order valence-corrected chi connectivity index (χ4v) is 2.81. The number of aromatic nitrogens is 1. The van der Waals surface area contributed by atoms with E-state index >= 15 is 0 Å². The maximum Gasteiger partial charge on any atom is 0.413 e. The van der Waals surface area contributed by atoms with Gasteiger partial charge in [0.1, 0.15) is 11.8 Å². The normalized spacial score (nSPS) is 10.7. The molecule has 0 aliphatic carbocycles. The Morgan fingerprint density at radius 3 is 2.28 bits per heavy atom. The van der Waals surface area contributed by atoms with Crippen LogP contribution in [0.25, 0.3) is 11.1 Å². The van der Waals surface area contributed by atoms with Crippen LogP contribution in [0.3, 0.4) is 0 Å². The van der Waals surface area contributed by atoms with E-state index in [0.717, 1.165) is 16.7 Å². The third kappa shape index (κ3) is 5.33. The number of pyridine rings is 1. The van der Waals surface area contributed by atoms with E-state index in [-0.39, 0.29) is 6.61 Å². The van der Waals surface area contributed by atoms with Crippen molar-refractivity contribution in [2.24, 2.45) is 0 Å². The minimum absolute atomic E-state index is 0.0271. The molecule has 0 aliphatic rings. The molecule has 0 bridgehead atoms. The second-order valence-corrected chi connectivity index (χ2v) is 6.88. The molecule has 6 nitrogen and oxygen atoms in total. The number of benzene rings is 2. The second-order valence-electron chi connectivity index (χ2n) is 6.88. The maximum absolute atomic E-state index is 12.2. The molecule has 0 saturated heterocycles. The van der Waals surface area contributed by atoms with Gasteiger partial charge in [-0.25, -0.2) is 4.79 Å². The van der Waals surface area contributed by atoms with E-state index in [4.69, 9.17) is 14.7 Å². The van der Waals surface area contributed by atoms with Crippen LogP contribution in [-0.2, 0) is 5.54 Å². The summed E-state index contributed by atoms with van der Waals surface area (Å²) >= 11 is 0. The lowest BCUT2D eigenvalue weighted by molar-refractivity contribution is 0.188. The van der Waals surface area contributed by atoms with Crippen LogP contribution in [0.4, 0.5) is 4.79 Å². The number of carbonyl (C=O) groups excluding carboxylic acids is 1. The number of nitrogens with zero attached hydrogens (tertiary/aromatic N) is 2. The highest BCUT2D eigenvalue weighted by Gasteiger charge is 2.24. The highest BCUT2D eigenvalue weighted by Crippen LogP contribution is 2.26. The Hall–Kier alpha value is -3.85. The van der Waals surface area contributed by atoms with Gasteiger partial charge in [0.2, 0.25) is 0 Å². The van der Waals surface area contributed by atoms with Crippen LogP contribution < -0.4 is 14.8 Å². The Morgan fingerprint density at radius 1 is 1.03 bits per heavy atom. The highest BCUT2D eigenvalue weighted by atomic mass is 16.6. The van der Waals surface area contributed by atoms with Crippen molar-refractivity contribution in [2.75, 3.05) is 6.61 Å². The van der Waals surface area contributed by atoms with Gasteiger partial charge in [-0.1, -0.05) is 36.4 Å². The number of rotatable bonds is 6. The van der Waals surface area contributed by atoms with Crippen molar-refractivity contribution in [1.29, 1.82) is 5.26 Å². The van der Waals surface area contributed by atoms with Gasteiger partial charge in [-0.3, -0.25) is 4.98 Å². The molecule has 1 N–H and O–H groups in total. The zero-order valence-electron chi connectivity index (χ0n) is 16.3. The summed E-state index contributed by atoms with van der Waals surface area (Å²) in [6, 6.07) is 20.8. The third-order valence-corrected chi connectivity index (χ3v) is 4.36. The molecule has 0 aliphatic heterocycles. The number of hydrogen-bond donors (Lipinski definition) is 1. The molecule has 1 aromatic heterocycles. The molecular formula is C23H21N3O3. The van der Waals surface area contributed by atoms with Crippen LogP contribution in [0, 0.1) is 11.3 Å². The first kappa shape index (κ1) is 19.9. The molecule has 1 heterocycles. The van der Waals surface area contributed by atoms with Gasteiger partial charge >= 0.3 is 6.09 Å². The van der Waals surface area contributed by atoms with Crippen molar-refractivity contribution in [3.8, 4) is 28.7 Å². The number of carbonyl (C=O) groups is 1. The fraction of sp³-hybridized carbons (Fsp3) is 0.174. The molecule has 0 atom stereocenters. The molecule has 3 rings (SSSR count). The minimum atomic E-state index is -0.618. The average Bonchev–Trinajstić information content (AvgIpc) is 2.73. The van der Waals surface area contributed by atoms with E-state index in [1.807, 2.05) is 68.4 Å². The van der Waals surface area contributed by atoms with E-state index in [9.17, 15) is 4.79 Å². The summed E-state index contributed by atoms with van der Waals surface area (Å²) in [5, 5.41) is 11.4. The van der Waals surface area contributed by atoms with Crippen molar-refractivity contribution in [1.82, 2.24) is 10.3 Å². The predicted octanol–water partition coefficient (Wildman–Crippen LogP) is 4.67. The van der Waals surface area contributed by atoms with Gasteiger partial charge in [0.15, 0.2) is 12.4 Å². The fourth-order valence-electron chi connectivity index (χ4n) is 2.81. The molecule has 0 saturated carbocycles. The lowest BCUT2D eigenvalue weighted by Crippen LogP contribution is -2.42. The number of nitriles is 1. The standard InChI is InChI=1S/C23H21N3O3/c1-23(2,26-22(27)29-21-4-3-14-25-16-21)19-9-5-17(6-10-19)18-7-11-20(12-8-18)28-15-13-24/h3-12,14,16H,15H2,1-2H3,(H,26,27). The summed E-state index contributed by atoms with van der Waals surface area (Å²) in [5.41, 5.74) is 2.39. The van der Waals surface area contributed by atoms with Gasteiger partial charge in [0.05, 0.1) is 11.7 Å². The SMILES string of the molecule is CC(C)(NC(=O)Oc1cccnc1)c1ccc(-c2ccc(OCC#N)cc2)cc1. The van der Waals surface area contributed by atoms with Gasteiger partial charge in [0, 0.05) is 6.20 Å². The topological polar surface area (TPSA) is 84.2 Å². The Morgan fingerprint density at radius 2 is 1.69 bits per heavy atom. The van der Waals surface area contributed by atoms with Gasteiger partial charge in [-0.15, -0.1) is 0 Å². The average molecular weight is 387 g/mol. The number of hydrogen-bond acceptors (Lipinski definition) is 5. The van der Waals surface area contributed by atoms with Crippen molar-refractivity contribution in [2.45, 2.75) is 19.4 Å². The van der Waals surface area contributed by atoms with E-state index < -0.39 is 11.6 Å². The summed E-state index contributed by atoms with van der Waals surface area (Å²) in [6.07, 6.45) is 2.56. The van der Waals surface area contributed by atoms with Gasteiger partial charge in [-0.05, 0) is 54.8 Å². The van der Waals surface area contributed by atoms with Crippen LogP contribution in [0.2, 0.25) is 0 Å². The maximum atomic E-state index is 12.2. The molecule has 3 aromatic rings. The predicted molar refractivity (Wildman–Crippen MR) is 109 cm³/mol. The first-order valence-corrected chi connectivity index (χ1v) is 9.09. The smallest absolute Gasteiger partial charge is 0.413 e. The largest absolute Gasteiger partial charge is 0.479 e. The Bertz CT molecular complexity index is 992. The highest BCUT2D eigenvalue weighted by molar-refractivity contribution is 5.71. The number of ether oxygens (including phenoxy) is 2. The first-order chi connectivity index (χ1) is 14.0. The van der Waals surface area contributed by atoms with Crippen molar-refractivity contribution < 1.29 is 14.3 Å². The summed E-state index contributed by atoms with van der Waals surface area (Å²) < 4.78 is 10.5. The van der Waals surface area contributed by atoms with Crippen molar-refractivity contribution in [3.05, 3.63) is 78.6 Å². The van der Waals surface area contributed by atoms with E-state index in [1.54, 1.807) is 18.3 Å². The van der Waals surface area contributed by atoms with E-state index in [2.05, 4.69) is 10.3 Å². The van der Waals surface area contributed by atoms with Gasteiger partial charge < -0.3 is 14.8 Å². The quantitative estimate of drug-likeness (QED) is 0.664. The Balaban J connectivity index is 1.66. The molecule has 29 heavy (non-hydrogen) atoms. The molecule has 0 radical (unpaired) electrons. The van der Waals surface area contributed by atoms with Crippen LogP contribution in [0.5, 0.6) is 11.5 Å². The molecule has 0 fully saturated rings. The van der Waals surface area contributed by atoms with Crippen LogP contribution in [0.1, 0.15) is 19.4 Å². The second kappa shape index (κ2) is 8.89. The zero-order valence-corrected chi connectivity index (χ0v) is 16.3. The molecule has 1 amide bonds. The van der Waals surface area contributed by atoms with Gasteiger partial charge in [0.25, 0.3) is 0 Å². The van der Waals surface area contributed by atoms with Crippen LogP contribution >= 0.6 is 0 Å². The number of amides is 1. The first-order valence-electron chi connectivity index (χ1n) is 9.09. The summed E-state index contributed by atoms with van der Waals surface area (Å²) in [6.45, 7) is 3.85. The summed E-state index contributed by atoms with van der Waals surface area (Å²) in [7, 11) is 0. The molecule has 146 valence electrons. The summed E-state index contributed by atoms with van der Waals surface area (Å²) in [4.78, 5) is 16.1.